The van der Waals surface area contributed by atoms with Crippen molar-refractivity contribution in [1.29, 1.82) is 0 Å². The van der Waals surface area contributed by atoms with Crippen LogP contribution in [0.1, 0.15) is 315 Å². The van der Waals surface area contributed by atoms with Gasteiger partial charge in [0.05, 0.1) is 30.9 Å². The van der Waals surface area contributed by atoms with Crippen LogP contribution in [0.2, 0.25) is 0 Å². The number of aromatic amines is 1. The lowest BCUT2D eigenvalue weighted by atomic mass is 9.85. The Bertz CT molecular complexity index is 5060. The number of H-pyrrole nitrogens is 1. The minimum atomic E-state index is -0.211. The van der Waals surface area contributed by atoms with Gasteiger partial charge in [-0.3, -0.25) is 39.4 Å². The zero-order chi connectivity index (χ0) is 103. The van der Waals surface area contributed by atoms with Crippen LogP contribution in [0.5, 0.6) is 0 Å². The van der Waals surface area contributed by atoms with Crippen LogP contribution in [0.4, 0.5) is 4.39 Å². The summed E-state index contributed by atoms with van der Waals surface area (Å²) in [7, 11) is 9.82. The van der Waals surface area contributed by atoms with Gasteiger partial charge in [0.15, 0.2) is 22.8 Å². The van der Waals surface area contributed by atoms with E-state index in [4.69, 9.17) is 17.0 Å². The Morgan fingerprint density at radius 2 is 1.33 bits per heavy atom. The zero-order valence-electron chi connectivity index (χ0n) is 88.1. The van der Waals surface area contributed by atoms with Gasteiger partial charge in [0, 0.05) is 168 Å². The summed E-state index contributed by atoms with van der Waals surface area (Å²) in [4.78, 5) is 92.0. The number of halogens is 1. The molecule has 0 spiro atoms. The third kappa shape index (κ3) is 59.2. The molecule has 11 heterocycles. The van der Waals surface area contributed by atoms with Crippen molar-refractivity contribution in [2.24, 2.45) is 59.2 Å². The number of hydrogen-bond donors (Lipinski definition) is 4. The molecule has 141 heavy (non-hydrogen) atoms. The smallest absolute Gasteiger partial charge is 0.359 e. The van der Waals surface area contributed by atoms with Gasteiger partial charge in [0.25, 0.3) is 0 Å². The summed E-state index contributed by atoms with van der Waals surface area (Å²) in [5.41, 5.74) is 16.6. The Morgan fingerprint density at radius 3 is 1.76 bits per heavy atom. The largest absolute Gasteiger partial charge is 0.466 e. The number of thiocarbonyl (C=S) groups is 1. The number of amides is 2. The molecule has 0 bridgehead atoms. The summed E-state index contributed by atoms with van der Waals surface area (Å²) in [5, 5.41) is 13.4. The molecule has 26 heteroatoms. The van der Waals surface area contributed by atoms with Crippen molar-refractivity contribution >= 4 is 99.0 Å². The Balaban J connectivity index is -0.00000146. The first-order chi connectivity index (χ1) is 64.9. The highest BCUT2D eigenvalue weighted by Gasteiger charge is 2.39. The number of esters is 2. The molecule has 7 fully saturated rings. The second-order valence-corrected chi connectivity index (χ2v) is 39.4. The highest BCUT2D eigenvalue weighted by molar-refractivity contribution is 7.99. The first-order valence-corrected chi connectivity index (χ1v) is 50.4. The van der Waals surface area contributed by atoms with E-state index in [-0.39, 0.29) is 82.4 Å². The number of carbonyl (C=O) groups is 4. The number of aromatic nitrogens is 7. The molecule has 786 valence electrons. The fourth-order valence-corrected chi connectivity index (χ4v) is 15.2. The minimum Gasteiger partial charge on any atom is -0.466 e. The van der Waals surface area contributed by atoms with Crippen molar-refractivity contribution in [2.75, 3.05) is 46.6 Å². The number of fused-ring (bicyclic) bond motifs is 2. The number of cyclic esters (lactones) is 1. The van der Waals surface area contributed by atoms with Gasteiger partial charge in [-0.2, -0.15) is 9.68 Å². The maximum atomic E-state index is 12.9. The highest BCUT2D eigenvalue weighted by Crippen LogP contribution is 2.39. The van der Waals surface area contributed by atoms with Crippen LogP contribution < -0.4 is 31.6 Å². The predicted octanol–water partition coefficient (Wildman–Crippen LogP) is 25.8. The maximum Gasteiger partial charge on any atom is 0.359 e. The molecule has 0 radical (unpaired) electrons. The fourth-order valence-electron chi connectivity index (χ4n) is 14.4. The number of hydrazone groups is 1. The number of benzene rings is 2. The molecule has 2 amide bonds. The second-order valence-electron chi connectivity index (χ2n) is 37.8. The molecule has 16 rings (SSSR count). The molecule has 23 nitrogen and oxygen atoms in total. The molecular weight excluding hydrogens is 1800 g/mol. The lowest BCUT2D eigenvalue weighted by Crippen LogP contribution is -2.36. The number of nitrogens with one attached hydrogen (secondary N) is 4. The Labute approximate surface area is 860 Å². The van der Waals surface area contributed by atoms with Crippen molar-refractivity contribution < 1.29 is 42.2 Å². The summed E-state index contributed by atoms with van der Waals surface area (Å²) < 4.78 is 27.0. The number of pyridine rings is 5. The van der Waals surface area contributed by atoms with E-state index in [1.807, 2.05) is 134 Å². The van der Waals surface area contributed by atoms with Crippen LogP contribution in [0.3, 0.4) is 0 Å². The van der Waals surface area contributed by atoms with E-state index in [0.29, 0.717) is 46.5 Å². The monoisotopic (exact) mass is 1990 g/mol. The van der Waals surface area contributed by atoms with Crippen LogP contribution in [-0.2, 0) is 42.7 Å². The molecule has 4 N–H and O–H groups in total. The third-order valence-corrected chi connectivity index (χ3v) is 24.1. The summed E-state index contributed by atoms with van der Waals surface area (Å²) in [5.74, 6) is 5.14. The van der Waals surface area contributed by atoms with Crippen LogP contribution in [0.25, 0.3) is 28.0 Å². The summed E-state index contributed by atoms with van der Waals surface area (Å²) in [6.07, 6.45) is 40.9. The van der Waals surface area contributed by atoms with Gasteiger partial charge in [-0.05, 0) is 251 Å². The van der Waals surface area contributed by atoms with Gasteiger partial charge in [0.1, 0.15) is 18.5 Å². The number of hydrogen-bond acceptors (Lipinski definition) is 19. The van der Waals surface area contributed by atoms with E-state index < -0.39 is 0 Å². The van der Waals surface area contributed by atoms with Crippen LogP contribution in [0.15, 0.2) is 196 Å². The van der Waals surface area contributed by atoms with Crippen molar-refractivity contribution in [3.8, 4) is 0 Å². The van der Waals surface area contributed by atoms with E-state index >= 15 is 0 Å². The average molecular weight is 1990 g/mol. The quantitative estimate of drug-likeness (QED) is 0.0362. The Morgan fingerprint density at radius 1 is 0.723 bits per heavy atom. The normalized spacial score (nSPS) is 18.3. The standard InChI is InChI=1S/C14H18FN.C11H12N.C10H10N2O.C8H15NO.C8H15N.C8H9N.C7H10N2OS.C7H9NO.C7H14.C6H8N2S.C6H10N2.C5H11N.C5H8O2.C5H12.C4H8O2.4CH4/c1-10-4-5-11(2)16(3)14(10)12-6-8-13(15)9-7-12;1-9-7-8-12(2)11-6-4-3-5-10(9)11;1-6-5-11-10-8(9(6)13)4-3-7(2)12-10;1-7-3-5-9(6-4-7)8(2)10;1-7-3-5-8(9-2)6-4-7;1-2-4-8-5-3-6-9-7-8;1-3-4-5-6(10)9(2)7(11)8-5;1-6-3-4-7(9)8(2)5-6;1-7-5-3-2-4-6-7;1-2-9-6-7-4-3-5-8-6;1-5-3-4-6(2)8-7-5;1-4-3-5(4)6-2;1-4-2-3-5(6)7-4;1-5(2,3)4;1-3-6-4(2)5;;;;/h6-10,14H,2,4-5H2,1,3H3;3-8H,1-2H3;3-5H,1-2H3,(H,11,12,13);7H,3-6H2,1-2H3;7H,3-6H2,1-2H3;2-7H,1H3;5H,2-4H2,1H3;3-5H,1-2H3;7H,2-6H2,1H3;3-5H,2H2,1H3;7H,1,3-4H2,2H3;4-6H,3H2,1-2H3;4H,2-3H2,1H3;1-4H3;3H2,1-2H3;4*1H4/q;+1;;;;;;;;;;;;;;;;;/p+1/b;;;;;4-2+;;;;;;;;;;;;;/t10-,14?;;;;;;;;;;;4?,5-;;;;;;;/m0..........1......./s1. The molecule has 4 saturated heterocycles. The second kappa shape index (κ2) is 75.3. The van der Waals surface area contributed by atoms with Crippen LogP contribution in [0, 0.1) is 68.5 Å². The summed E-state index contributed by atoms with van der Waals surface area (Å²) >= 11 is 6.49. The third-order valence-electron chi connectivity index (χ3n) is 23.1. The molecule has 2 aromatic carbocycles. The fraction of sp³-hybridized carbons (Fsp3) is 0.557. The lowest BCUT2D eigenvalue weighted by molar-refractivity contribution is -0.644. The molecule has 3 aliphatic carbocycles. The number of piperidine rings is 2. The summed E-state index contributed by atoms with van der Waals surface area (Å²) in [6, 6.07) is 31.3. The van der Waals surface area contributed by atoms with Crippen molar-refractivity contribution in [3.05, 3.63) is 231 Å². The van der Waals surface area contributed by atoms with E-state index in [9.17, 15) is 33.2 Å². The number of thioether (sulfide) groups is 1. The number of allylic oxidation sites excluding steroid dienone is 3. The molecule has 6 aromatic heterocycles. The van der Waals surface area contributed by atoms with Gasteiger partial charge in [-0.15, -0.1) is 0 Å². The van der Waals surface area contributed by atoms with Gasteiger partial charge in [-0.1, -0.05) is 218 Å². The number of para-hydroxylation sites is 1. The van der Waals surface area contributed by atoms with Crippen LogP contribution in [-0.4, -0.2) is 156 Å². The molecular formula is C115H186FN15O8S2+2. The van der Waals surface area contributed by atoms with Gasteiger partial charge in [0.2, 0.25) is 17.0 Å². The molecule has 8 aliphatic rings. The number of carbonyl (C=O) groups excluding carboxylic acids is 4. The summed E-state index contributed by atoms with van der Waals surface area (Å²) in [6.45, 7) is 56.6. The first-order valence-electron chi connectivity index (χ1n) is 49.0. The maximum absolute atomic E-state index is 12.9. The zero-order valence-corrected chi connectivity index (χ0v) is 89.7. The van der Waals surface area contributed by atoms with Crippen molar-refractivity contribution in [3.63, 3.8) is 0 Å². The molecule has 3 saturated carbocycles. The molecule has 6 atom stereocenters. The van der Waals surface area contributed by atoms with E-state index in [0.717, 1.165) is 132 Å². The lowest BCUT2D eigenvalue weighted by Gasteiger charge is -2.40. The van der Waals surface area contributed by atoms with Gasteiger partial charge < -0.3 is 34.1 Å². The number of aryl methyl sites for hydroxylation is 6. The predicted molar refractivity (Wildman–Crippen MR) is 601 cm³/mol. The molecule has 4 unspecified atom stereocenters. The number of aliphatic imine (C=N–C) groups is 1. The highest BCUT2D eigenvalue weighted by atomic mass is 32.2. The van der Waals surface area contributed by atoms with Crippen molar-refractivity contribution in [2.45, 2.75) is 333 Å². The topological polar surface area (TPSA) is 267 Å². The number of rotatable bonds is 8. The Kier molecular flexibility index (Phi) is 71.8. The molecule has 8 aromatic rings. The minimum absolute atomic E-state index is 0. The number of likely N-dealkylation sites (tertiary alicyclic amines) is 2. The average Bonchev–Trinajstić information content (AvgIpc) is 1.45. The van der Waals surface area contributed by atoms with Crippen molar-refractivity contribution in [1.82, 2.24) is 55.3 Å². The number of ether oxygens (including phenoxy) is 2. The first kappa shape index (κ1) is 135. The molecule has 5 aliphatic heterocycles. The van der Waals surface area contributed by atoms with E-state index in [1.165, 1.54) is 134 Å². The van der Waals surface area contributed by atoms with E-state index in [1.54, 1.807) is 75.0 Å². The number of nitrogens with zero attached hydrogens (tertiary/aromatic N) is 11. The SMILES string of the molecule is C.C.C.C.C/C=C/c1cccnc1.C=C1CCC(C)=NN1.C=C1CC[C@H](C)C(c2ccc(F)cc2)N1C.C=[N+]1C(=O)C(CCC)NC1=S.CC(=O)N1CCC(C)CC1.CC(C)(C)C.CC1CCC(=O)O1.CC1CCCCC1.CCOC(C)=O.CCSc1ncccn1.CN=C1CCC(C)CC1.CN[C@@H]1CC1C.Cc1cc[n+](C)c2ccccc12.Cc1ccc(=O)n(C)c1.Cc1ccc2c(=O)c(C)c[nH]c2n1. The Hall–Kier alpha value is -10.6. The van der Waals surface area contributed by atoms with Gasteiger partial charge in [-0.25, -0.2) is 34.0 Å². The van der Waals surface area contributed by atoms with E-state index in [2.05, 4.69) is 212 Å². The van der Waals surface area contributed by atoms with Gasteiger partial charge >= 0.3 is 23.0 Å². The van der Waals surface area contributed by atoms with Crippen LogP contribution >= 0.6 is 24.0 Å².